The number of benzene rings is 2. The molecule has 2 amide bonds. The van der Waals surface area contributed by atoms with Crippen LogP contribution in [0.3, 0.4) is 0 Å². The summed E-state index contributed by atoms with van der Waals surface area (Å²) in [6, 6.07) is 11.9. The number of piperazine rings is 1. The van der Waals surface area contributed by atoms with Gasteiger partial charge in [0, 0.05) is 68.1 Å². The Morgan fingerprint density at radius 1 is 0.932 bits per heavy atom. The number of nitrogens with zero attached hydrogens (tertiary/aromatic N) is 6. The van der Waals surface area contributed by atoms with Gasteiger partial charge in [-0.3, -0.25) is 0 Å². The number of urea groups is 1. The Morgan fingerprint density at radius 2 is 1.68 bits per heavy atom. The van der Waals surface area contributed by atoms with Crippen molar-refractivity contribution in [2.75, 3.05) is 65.9 Å². The number of alkyl halides is 3. The average molecular weight is 609 g/mol. The van der Waals surface area contributed by atoms with Gasteiger partial charge in [-0.1, -0.05) is 13.0 Å². The molecule has 1 aliphatic heterocycles. The normalized spacial score (nSPS) is 13.9. The van der Waals surface area contributed by atoms with Crippen molar-refractivity contribution >= 4 is 40.4 Å². The fourth-order valence-corrected chi connectivity index (χ4v) is 4.98. The van der Waals surface area contributed by atoms with Crippen LogP contribution in [0.4, 0.5) is 52.4 Å². The maximum Gasteiger partial charge on any atom is 0.416 e. The molecule has 14 heteroatoms. The fraction of sp³-hybridized carbons (Fsp3) is 0.333. The number of likely N-dealkylation sites (N-methyl/N-ethyl adjacent to an activating group) is 1. The number of aromatic nitrogens is 4. The molecule has 2 aromatic heterocycles. The molecule has 0 bridgehead atoms. The molecule has 3 heterocycles. The molecule has 1 aliphatic rings. The van der Waals surface area contributed by atoms with E-state index in [0.29, 0.717) is 47.6 Å². The number of carbonyl (C=O) groups is 1. The van der Waals surface area contributed by atoms with Crippen LogP contribution in [0.25, 0.3) is 5.82 Å². The summed E-state index contributed by atoms with van der Waals surface area (Å²) in [5, 5.41) is 16.2. The predicted octanol–water partition coefficient (Wildman–Crippen LogP) is 5.87. The van der Waals surface area contributed by atoms with Crippen molar-refractivity contribution in [2.45, 2.75) is 26.9 Å². The van der Waals surface area contributed by atoms with Gasteiger partial charge in [0.15, 0.2) is 5.82 Å². The summed E-state index contributed by atoms with van der Waals surface area (Å²) in [5.41, 5.74) is 2.45. The number of carbonyl (C=O) groups excluding carboxylic acids is 1. The zero-order valence-electron chi connectivity index (χ0n) is 25.0. The molecular weight excluding hydrogens is 573 g/mol. The Morgan fingerprint density at radius 3 is 2.39 bits per heavy atom. The summed E-state index contributed by atoms with van der Waals surface area (Å²) in [6.45, 7) is 9.45. The third-order valence-corrected chi connectivity index (χ3v) is 7.40. The van der Waals surface area contributed by atoms with Crippen LogP contribution in [0, 0.1) is 13.8 Å². The van der Waals surface area contributed by atoms with E-state index in [0.717, 1.165) is 43.0 Å². The van der Waals surface area contributed by atoms with E-state index >= 15 is 0 Å². The summed E-state index contributed by atoms with van der Waals surface area (Å²) >= 11 is 0. The van der Waals surface area contributed by atoms with Crippen LogP contribution in [-0.2, 0) is 6.18 Å². The summed E-state index contributed by atoms with van der Waals surface area (Å²) in [4.78, 5) is 25.6. The Bertz CT molecular complexity index is 1630. The molecule has 0 saturated carbocycles. The lowest BCUT2D eigenvalue weighted by Crippen LogP contribution is -2.46. The lowest BCUT2D eigenvalue weighted by Gasteiger charge is -2.36. The highest BCUT2D eigenvalue weighted by atomic mass is 19.4. The monoisotopic (exact) mass is 608 g/mol. The van der Waals surface area contributed by atoms with Gasteiger partial charge < -0.3 is 31.1 Å². The summed E-state index contributed by atoms with van der Waals surface area (Å²) in [7, 11) is 1.76. The lowest BCUT2D eigenvalue weighted by atomic mass is 10.1. The first-order valence-corrected chi connectivity index (χ1v) is 14.2. The van der Waals surface area contributed by atoms with Crippen LogP contribution < -0.4 is 26.2 Å². The number of amides is 2. The Hall–Kier alpha value is -4.85. The number of hydrogen-bond acceptors (Lipinski definition) is 8. The van der Waals surface area contributed by atoms with Gasteiger partial charge >= 0.3 is 12.2 Å². The molecule has 0 radical (unpaired) electrons. The van der Waals surface area contributed by atoms with Gasteiger partial charge in [-0.2, -0.15) is 23.0 Å². The van der Waals surface area contributed by atoms with E-state index in [4.69, 9.17) is 0 Å². The number of rotatable bonds is 8. The number of anilines is 6. The molecule has 0 atom stereocenters. The van der Waals surface area contributed by atoms with Crippen molar-refractivity contribution in [1.82, 2.24) is 24.6 Å². The van der Waals surface area contributed by atoms with E-state index in [-0.39, 0.29) is 5.69 Å². The Kier molecular flexibility index (Phi) is 8.90. The SMILES string of the molecule is CCN1CCN(c2cc(NC(=O)Nc3ccc(C)c(Nc4cc(C)nn4-c4cc(NC)ncn4)c3)cc(C(F)(F)F)c2)CC1. The molecule has 0 aliphatic carbocycles. The largest absolute Gasteiger partial charge is 0.416 e. The van der Waals surface area contributed by atoms with E-state index < -0.39 is 17.8 Å². The van der Waals surface area contributed by atoms with Gasteiger partial charge in [-0.05, 0) is 56.3 Å². The molecule has 2 aromatic carbocycles. The van der Waals surface area contributed by atoms with E-state index in [1.807, 2.05) is 30.9 Å². The molecule has 0 spiro atoms. The molecule has 5 rings (SSSR count). The molecule has 4 aromatic rings. The topological polar surface area (TPSA) is 115 Å². The second-order valence-electron chi connectivity index (χ2n) is 10.5. The number of nitrogens with one attached hydrogen (secondary N) is 4. The van der Waals surface area contributed by atoms with Crippen LogP contribution in [0.15, 0.2) is 54.9 Å². The molecule has 0 unspecified atom stereocenters. The van der Waals surface area contributed by atoms with E-state index in [1.165, 1.54) is 6.33 Å². The Balaban J connectivity index is 1.33. The first kappa shape index (κ1) is 30.6. The third kappa shape index (κ3) is 7.19. The van der Waals surface area contributed by atoms with Gasteiger partial charge in [0.2, 0.25) is 0 Å². The Labute approximate surface area is 253 Å². The summed E-state index contributed by atoms with van der Waals surface area (Å²) in [5.74, 6) is 1.83. The highest BCUT2D eigenvalue weighted by molar-refractivity contribution is 6.00. The van der Waals surface area contributed by atoms with Gasteiger partial charge in [-0.25, -0.2) is 14.8 Å². The summed E-state index contributed by atoms with van der Waals surface area (Å²) in [6.07, 6.45) is -3.12. The van der Waals surface area contributed by atoms with Crippen molar-refractivity contribution in [1.29, 1.82) is 0 Å². The van der Waals surface area contributed by atoms with Crippen LogP contribution in [0.1, 0.15) is 23.7 Å². The minimum absolute atomic E-state index is 0.0564. The van der Waals surface area contributed by atoms with Crippen molar-refractivity contribution in [2.24, 2.45) is 0 Å². The van der Waals surface area contributed by atoms with Gasteiger partial charge in [-0.15, -0.1) is 0 Å². The maximum absolute atomic E-state index is 13.8. The van der Waals surface area contributed by atoms with E-state index in [9.17, 15) is 18.0 Å². The molecule has 44 heavy (non-hydrogen) atoms. The van der Waals surface area contributed by atoms with Crippen molar-refractivity contribution in [3.63, 3.8) is 0 Å². The average Bonchev–Trinajstić information content (AvgIpc) is 3.38. The molecular formula is C30H35F3N10O. The molecule has 232 valence electrons. The summed E-state index contributed by atoms with van der Waals surface area (Å²) < 4.78 is 43.0. The fourth-order valence-electron chi connectivity index (χ4n) is 4.98. The van der Waals surface area contributed by atoms with Crippen LogP contribution in [-0.4, -0.2) is 70.5 Å². The van der Waals surface area contributed by atoms with Crippen LogP contribution in [0.2, 0.25) is 0 Å². The zero-order valence-corrected chi connectivity index (χ0v) is 25.0. The molecule has 11 nitrogen and oxygen atoms in total. The third-order valence-electron chi connectivity index (χ3n) is 7.40. The second-order valence-corrected chi connectivity index (χ2v) is 10.5. The lowest BCUT2D eigenvalue weighted by molar-refractivity contribution is -0.137. The van der Waals surface area contributed by atoms with Gasteiger partial charge in [0.1, 0.15) is 18.0 Å². The minimum Gasteiger partial charge on any atom is -0.373 e. The van der Waals surface area contributed by atoms with Crippen molar-refractivity contribution in [3.8, 4) is 5.82 Å². The molecule has 4 N–H and O–H groups in total. The minimum atomic E-state index is -4.56. The van der Waals surface area contributed by atoms with Crippen molar-refractivity contribution < 1.29 is 18.0 Å². The quantitative estimate of drug-likeness (QED) is 0.196. The number of aryl methyl sites for hydroxylation is 2. The van der Waals surface area contributed by atoms with Crippen LogP contribution in [0.5, 0.6) is 0 Å². The standard InChI is InChI=1S/C30H35F3N10O/c1-5-41-8-10-42(11-9-41)24-14-21(30(31,32)33)13-23(15-24)38-29(44)37-22-7-6-19(2)25(16-22)39-28-12-20(3)40-43(28)27-17-26(34-4)35-18-36-27/h6-7,12-18,39H,5,8-11H2,1-4H3,(H,34,35,36)(H2,37,38,44). The number of halogens is 3. The van der Waals surface area contributed by atoms with E-state index in [2.05, 4.69) is 48.2 Å². The van der Waals surface area contributed by atoms with Gasteiger partial charge in [0.05, 0.1) is 11.3 Å². The van der Waals surface area contributed by atoms with E-state index in [1.54, 1.807) is 36.0 Å². The first-order valence-electron chi connectivity index (χ1n) is 14.2. The van der Waals surface area contributed by atoms with Gasteiger partial charge in [0.25, 0.3) is 0 Å². The predicted molar refractivity (Wildman–Crippen MR) is 166 cm³/mol. The molecule has 1 saturated heterocycles. The van der Waals surface area contributed by atoms with Crippen LogP contribution >= 0.6 is 0 Å². The number of hydrogen-bond donors (Lipinski definition) is 4. The molecule has 1 fully saturated rings. The second kappa shape index (κ2) is 12.8. The zero-order chi connectivity index (χ0) is 31.4. The maximum atomic E-state index is 13.8. The highest BCUT2D eigenvalue weighted by Crippen LogP contribution is 2.35. The van der Waals surface area contributed by atoms with Crippen molar-refractivity contribution in [3.05, 3.63) is 71.7 Å². The smallest absolute Gasteiger partial charge is 0.373 e. The first-order chi connectivity index (χ1) is 21.0. The highest BCUT2D eigenvalue weighted by Gasteiger charge is 2.32.